The molecule has 0 aliphatic carbocycles. The van der Waals surface area contributed by atoms with Gasteiger partial charge in [-0.25, -0.2) is 0 Å². The van der Waals surface area contributed by atoms with Crippen molar-refractivity contribution in [3.05, 3.63) is 34.4 Å². The van der Waals surface area contributed by atoms with Crippen LogP contribution in [0.15, 0.2) is 24.3 Å². The predicted octanol–water partition coefficient (Wildman–Crippen LogP) is 1.26. The first-order valence-corrected chi connectivity index (χ1v) is 6.52. The van der Waals surface area contributed by atoms with E-state index in [1.54, 1.807) is 0 Å². The van der Waals surface area contributed by atoms with Gasteiger partial charge in [0.05, 0.1) is 4.92 Å². The van der Waals surface area contributed by atoms with Crippen molar-refractivity contribution in [2.45, 2.75) is 18.9 Å². The molecule has 7 nitrogen and oxygen atoms in total. The minimum Gasteiger partial charge on any atom is -0.484 e. The molecule has 1 aliphatic rings. The molecular formula is C13H18ClN3O4. The Labute approximate surface area is 128 Å². The van der Waals surface area contributed by atoms with Crippen molar-refractivity contribution in [1.82, 2.24) is 10.6 Å². The quantitative estimate of drug-likeness (QED) is 0.630. The van der Waals surface area contributed by atoms with Crippen LogP contribution in [-0.2, 0) is 4.79 Å². The average Bonchev–Trinajstić information content (AvgIpc) is 2.46. The molecule has 116 valence electrons. The van der Waals surface area contributed by atoms with Gasteiger partial charge >= 0.3 is 0 Å². The molecule has 1 aliphatic heterocycles. The number of carbonyl (C=O) groups is 1. The van der Waals surface area contributed by atoms with Crippen molar-refractivity contribution in [3.8, 4) is 5.75 Å². The third kappa shape index (κ3) is 5.57. The van der Waals surface area contributed by atoms with Crippen LogP contribution in [0.4, 0.5) is 5.69 Å². The van der Waals surface area contributed by atoms with Crippen molar-refractivity contribution in [1.29, 1.82) is 0 Å². The Morgan fingerprint density at radius 3 is 2.52 bits per heavy atom. The third-order valence-electron chi connectivity index (χ3n) is 3.12. The number of non-ortho nitro benzene ring substituents is 1. The minimum atomic E-state index is -0.479. The first-order chi connectivity index (χ1) is 9.65. The second-order valence-corrected chi connectivity index (χ2v) is 4.63. The number of rotatable bonds is 5. The third-order valence-corrected chi connectivity index (χ3v) is 3.12. The average molecular weight is 316 g/mol. The largest absolute Gasteiger partial charge is 0.484 e. The molecular weight excluding hydrogens is 298 g/mol. The molecule has 0 atom stereocenters. The fourth-order valence-corrected chi connectivity index (χ4v) is 2.05. The zero-order chi connectivity index (χ0) is 14.4. The summed E-state index contributed by atoms with van der Waals surface area (Å²) in [7, 11) is 0. The van der Waals surface area contributed by atoms with Crippen molar-refractivity contribution in [3.63, 3.8) is 0 Å². The number of hydrogen-bond donors (Lipinski definition) is 2. The molecule has 0 bridgehead atoms. The van der Waals surface area contributed by atoms with E-state index in [4.69, 9.17) is 4.74 Å². The molecule has 8 heteroatoms. The standard InChI is InChI=1S/C13H17N3O4.ClH/c17-13(15-10-5-7-14-8-6-10)9-20-12-3-1-11(2-4-12)16(18)19;/h1-4,10,14H,5-9H2,(H,15,17);1H. The number of benzene rings is 1. The summed E-state index contributed by atoms with van der Waals surface area (Å²) in [6, 6.07) is 5.86. The van der Waals surface area contributed by atoms with E-state index in [-0.39, 0.29) is 36.7 Å². The van der Waals surface area contributed by atoms with Crippen LogP contribution in [-0.4, -0.2) is 36.6 Å². The van der Waals surface area contributed by atoms with Crippen LogP contribution in [0.1, 0.15) is 12.8 Å². The summed E-state index contributed by atoms with van der Waals surface area (Å²) in [6.45, 7) is 1.74. The summed E-state index contributed by atoms with van der Waals surface area (Å²) in [5.74, 6) is 0.270. The first-order valence-electron chi connectivity index (χ1n) is 6.52. The molecule has 1 heterocycles. The summed E-state index contributed by atoms with van der Waals surface area (Å²) in [5.41, 5.74) is -0.00323. The Morgan fingerprint density at radius 1 is 1.33 bits per heavy atom. The van der Waals surface area contributed by atoms with Crippen LogP contribution in [0.2, 0.25) is 0 Å². The maximum atomic E-state index is 11.7. The lowest BCUT2D eigenvalue weighted by molar-refractivity contribution is -0.384. The molecule has 0 radical (unpaired) electrons. The van der Waals surface area contributed by atoms with Crippen LogP contribution in [0, 0.1) is 10.1 Å². The predicted molar refractivity (Wildman–Crippen MR) is 79.9 cm³/mol. The molecule has 0 unspecified atom stereocenters. The monoisotopic (exact) mass is 315 g/mol. The van der Waals surface area contributed by atoms with Crippen LogP contribution in [0.25, 0.3) is 0 Å². The number of ether oxygens (including phenoxy) is 1. The second-order valence-electron chi connectivity index (χ2n) is 4.63. The maximum Gasteiger partial charge on any atom is 0.269 e. The zero-order valence-corrected chi connectivity index (χ0v) is 12.2. The molecule has 1 saturated heterocycles. The topological polar surface area (TPSA) is 93.5 Å². The molecule has 1 aromatic carbocycles. The lowest BCUT2D eigenvalue weighted by atomic mass is 10.1. The van der Waals surface area contributed by atoms with Gasteiger partial charge in [-0.15, -0.1) is 12.4 Å². The number of nitrogens with one attached hydrogen (secondary N) is 2. The summed E-state index contributed by atoms with van der Waals surface area (Å²) >= 11 is 0. The molecule has 0 aromatic heterocycles. The summed E-state index contributed by atoms with van der Waals surface area (Å²) in [6.07, 6.45) is 1.84. The first kappa shape index (κ1) is 17.2. The highest BCUT2D eigenvalue weighted by Crippen LogP contribution is 2.17. The van der Waals surface area contributed by atoms with E-state index >= 15 is 0 Å². The van der Waals surface area contributed by atoms with Gasteiger partial charge in [-0.3, -0.25) is 14.9 Å². The van der Waals surface area contributed by atoms with E-state index in [1.807, 2.05) is 0 Å². The van der Waals surface area contributed by atoms with E-state index in [0.717, 1.165) is 25.9 Å². The van der Waals surface area contributed by atoms with Gasteiger partial charge < -0.3 is 15.4 Å². The number of nitrogens with zero attached hydrogens (tertiary/aromatic N) is 1. The fourth-order valence-electron chi connectivity index (χ4n) is 2.05. The highest BCUT2D eigenvalue weighted by molar-refractivity contribution is 5.85. The summed E-state index contributed by atoms with van der Waals surface area (Å²) in [4.78, 5) is 21.7. The Kier molecular flexibility index (Phi) is 6.90. The number of amides is 1. The zero-order valence-electron chi connectivity index (χ0n) is 11.4. The molecule has 1 amide bonds. The van der Waals surface area contributed by atoms with Gasteiger partial charge in [0.2, 0.25) is 0 Å². The van der Waals surface area contributed by atoms with E-state index in [2.05, 4.69) is 10.6 Å². The van der Waals surface area contributed by atoms with Crippen molar-refractivity contribution >= 4 is 24.0 Å². The lowest BCUT2D eigenvalue weighted by Gasteiger charge is -2.23. The van der Waals surface area contributed by atoms with E-state index in [1.165, 1.54) is 24.3 Å². The number of hydrogen-bond acceptors (Lipinski definition) is 5. The molecule has 2 N–H and O–H groups in total. The Balaban J connectivity index is 0.00000220. The van der Waals surface area contributed by atoms with Crippen LogP contribution >= 0.6 is 12.4 Å². The smallest absolute Gasteiger partial charge is 0.269 e. The van der Waals surface area contributed by atoms with Crippen molar-refractivity contribution in [2.75, 3.05) is 19.7 Å². The van der Waals surface area contributed by atoms with Crippen LogP contribution < -0.4 is 15.4 Å². The van der Waals surface area contributed by atoms with Gasteiger partial charge in [-0.2, -0.15) is 0 Å². The SMILES string of the molecule is Cl.O=C(COc1ccc([N+](=O)[O-])cc1)NC1CCNCC1. The molecule has 1 aromatic rings. The van der Waals surface area contributed by atoms with E-state index < -0.39 is 4.92 Å². The van der Waals surface area contributed by atoms with Gasteiger partial charge in [0.1, 0.15) is 5.75 Å². The number of nitro benzene ring substituents is 1. The van der Waals surface area contributed by atoms with Crippen molar-refractivity contribution < 1.29 is 14.5 Å². The molecule has 0 spiro atoms. The number of carbonyl (C=O) groups excluding carboxylic acids is 1. The van der Waals surface area contributed by atoms with Gasteiger partial charge in [-0.1, -0.05) is 0 Å². The fraction of sp³-hybridized carbons (Fsp3) is 0.462. The molecule has 0 saturated carbocycles. The van der Waals surface area contributed by atoms with Gasteiger partial charge in [0.25, 0.3) is 11.6 Å². The summed E-state index contributed by atoms with van der Waals surface area (Å²) < 4.78 is 5.29. The van der Waals surface area contributed by atoms with Crippen LogP contribution in [0.5, 0.6) is 5.75 Å². The second kappa shape index (κ2) is 8.43. The Hall–Kier alpha value is -1.86. The van der Waals surface area contributed by atoms with Gasteiger partial charge in [-0.05, 0) is 38.1 Å². The Morgan fingerprint density at radius 2 is 1.95 bits per heavy atom. The van der Waals surface area contributed by atoms with Crippen molar-refractivity contribution in [2.24, 2.45) is 0 Å². The van der Waals surface area contributed by atoms with E-state index in [9.17, 15) is 14.9 Å². The molecule has 21 heavy (non-hydrogen) atoms. The highest BCUT2D eigenvalue weighted by Gasteiger charge is 2.15. The molecule has 2 rings (SSSR count). The lowest BCUT2D eigenvalue weighted by Crippen LogP contribution is -2.44. The number of piperidine rings is 1. The Bertz CT molecular complexity index is 475. The summed E-state index contributed by atoms with van der Waals surface area (Å²) in [5, 5.41) is 16.6. The number of halogens is 1. The minimum absolute atomic E-state index is 0. The van der Waals surface area contributed by atoms with Crippen LogP contribution in [0.3, 0.4) is 0 Å². The highest BCUT2D eigenvalue weighted by atomic mass is 35.5. The van der Waals surface area contributed by atoms with E-state index in [0.29, 0.717) is 5.75 Å². The van der Waals surface area contributed by atoms with Gasteiger partial charge in [0.15, 0.2) is 6.61 Å². The van der Waals surface area contributed by atoms with Gasteiger partial charge in [0, 0.05) is 18.2 Å². The number of nitro groups is 1. The maximum absolute atomic E-state index is 11.7. The molecule has 1 fully saturated rings. The normalized spacial score (nSPS) is 14.9.